The molecule has 66 valence electrons. The van der Waals surface area contributed by atoms with Crippen molar-refractivity contribution in [1.82, 2.24) is 0 Å². The summed E-state index contributed by atoms with van der Waals surface area (Å²) in [6.45, 7) is 7.01. The largest absolute Gasteiger partial charge is 0.156 e. The fourth-order valence-corrected chi connectivity index (χ4v) is 3.32. The predicted octanol–water partition coefficient (Wildman–Crippen LogP) is 3.71. The van der Waals surface area contributed by atoms with Gasteiger partial charge in [0.25, 0.3) is 0 Å². The Morgan fingerprint density at radius 1 is 1.09 bits per heavy atom. The average Bonchev–Trinajstić information content (AvgIpc) is 2.35. The number of rotatable bonds is 3. The Balaban J connectivity index is 2.22. The molecular weight excluding hydrogens is 152 g/mol. The quantitative estimate of drug-likeness (QED) is 0.625. The van der Waals surface area contributed by atoms with Crippen LogP contribution in [0.5, 0.6) is 0 Å². The normalized spacial score (nSPS) is 22.9. The van der Waals surface area contributed by atoms with Gasteiger partial charge in [-0.3, -0.25) is 0 Å². The van der Waals surface area contributed by atoms with Crippen molar-refractivity contribution in [3.63, 3.8) is 0 Å². The van der Waals surface area contributed by atoms with Crippen molar-refractivity contribution in [2.75, 3.05) is 0 Å². The van der Waals surface area contributed by atoms with E-state index in [4.69, 9.17) is 0 Å². The zero-order valence-electron chi connectivity index (χ0n) is 7.97. The lowest BCUT2D eigenvalue weighted by Crippen LogP contribution is -2.12. The highest BCUT2D eigenvalue weighted by Crippen LogP contribution is 2.34. The summed E-state index contributed by atoms with van der Waals surface area (Å²) in [5.74, 6) is 1.03. The first-order valence-electron chi connectivity index (χ1n) is 4.85. The molecule has 0 radical (unpaired) electrons. The van der Waals surface area contributed by atoms with Gasteiger partial charge in [-0.05, 0) is 24.0 Å². The van der Waals surface area contributed by atoms with Crippen molar-refractivity contribution >= 4 is 11.8 Å². The summed E-state index contributed by atoms with van der Waals surface area (Å²) in [5, 5.41) is 1.71. The third-order valence-electron chi connectivity index (χ3n) is 2.55. The van der Waals surface area contributed by atoms with E-state index < -0.39 is 0 Å². The van der Waals surface area contributed by atoms with Crippen molar-refractivity contribution in [2.45, 2.75) is 57.0 Å². The van der Waals surface area contributed by atoms with E-state index in [9.17, 15) is 0 Å². The van der Waals surface area contributed by atoms with Gasteiger partial charge in [-0.25, -0.2) is 0 Å². The third-order valence-corrected chi connectivity index (χ3v) is 3.91. The Kier molecular flexibility index (Phi) is 3.77. The van der Waals surface area contributed by atoms with Crippen molar-refractivity contribution in [3.8, 4) is 0 Å². The van der Waals surface area contributed by atoms with Crippen molar-refractivity contribution in [3.05, 3.63) is 0 Å². The molecule has 0 spiro atoms. The van der Waals surface area contributed by atoms with Gasteiger partial charge < -0.3 is 0 Å². The van der Waals surface area contributed by atoms with E-state index in [1.165, 1.54) is 25.7 Å². The topological polar surface area (TPSA) is 0 Å². The Hall–Kier alpha value is 0.350. The molecule has 1 aliphatic rings. The summed E-state index contributed by atoms with van der Waals surface area (Å²) in [6, 6.07) is 0. The van der Waals surface area contributed by atoms with E-state index in [2.05, 4.69) is 32.5 Å². The Morgan fingerprint density at radius 3 is 2.09 bits per heavy atom. The molecule has 1 fully saturated rings. The lowest BCUT2D eigenvalue weighted by atomic mass is 10.1. The van der Waals surface area contributed by atoms with Gasteiger partial charge in [0.15, 0.2) is 0 Å². The fraction of sp³-hybridized carbons (Fsp3) is 1.00. The van der Waals surface area contributed by atoms with Crippen LogP contribution in [-0.4, -0.2) is 10.5 Å². The van der Waals surface area contributed by atoms with Crippen LogP contribution in [0.1, 0.15) is 46.5 Å². The van der Waals surface area contributed by atoms with Crippen LogP contribution in [-0.2, 0) is 0 Å². The van der Waals surface area contributed by atoms with Gasteiger partial charge in [0.2, 0.25) is 0 Å². The van der Waals surface area contributed by atoms with Crippen molar-refractivity contribution < 1.29 is 0 Å². The molecule has 0 aromatic rings. The minimum Gasteiger partial charge on any atom is -0.156 e. The maximum atomic E-state index is 2.40. The maximum absolute atomic E-state index is 2.40. The summed E-state index contributed by atoms with van der Waals surface area (Å²) in [5.41, 5.74) is 0. The van der Waals surface area contributed by atoms with Gasteiger partial charge in [0.1, 0.15) is 0 Å². The molecule has 0 N–H and O–H groups in total. The van der Waals surface area contributed by atoms with Gasteiger partial charge in [-0.1, -0.05) is 33.6 Å². The molecule has 1 heteroatoms. The molecule has 0 amide bonds. The fourth-order valence-electron chi connectivity index (χ4n) is 1.97. The first-order chi connectivity index (χ1) is 5.20. The molecule has 1 rings (SSSR count). The second-order valence-electron chi connectivity index (χ2n) is 3.93. The molecule has 0 saturated heterocycles. The van der Waals surface area contributed by atoms with Crippen LogP contribution < -0.4 is 0 Å². The van der Waals surface area contributed by atoms with Gasteiger partial charge in [-0.2, -0.15) is 11.8 Å². The first-order valence-corrected chi connectivity index (χ1v) is 5.80. The van der Waals surface area contributed by atoms with Crippen molar-refractivity contribution in [1.29, 1.82) is 0 Å². The number of thioether (sulfide) groups is 1. The molecule has 0 bridgehead atoms. The van der Waals surface area contributed by atoms with Gasteiger partial charge in [-0.15, -0.1) is 0 Å². The lowest BCUT2D eigenvalue weighted by Gasteiger charge is -2.19. The molecule has 1 unspecified atom stereocenters. The molecule has 0 aromatic carbocycles. The van der Waals surface area contributed by atoms with Crippen LogP contribution >= 0.6 is 11.8 Å². The summed E-state index contributed by atoms with van der Waals surface area (Å²) in [4.78, 5) is 0. The van der Waals surface area contributed by atoms with Crippen LogP contribution in [0.15, 0.2) is 0 Å². The highest BCUT2D eigenvalue weighted by atomic mass is 32.2. The van der Waals surface area contributed by atoms with Gasteiger partial charge in [0, 0.05) is 5.25 Å². The summed E-state index contributed by atoms with van der Waals surface area (Å²) in [6.07, 6.45) is 5.93. The SMILES string of the molecule is CC(C)SC(C)C1CCCC1. The minimum atomic E-state index is 0.811. The van der Waals surface area contributed by atoms with Gasteiger partial charge in [0.05, 0.1) is 0 Å². The van der Waals surface area contributed by atoms with E-state index in [1.54, 1.807) is 0 Å². The summed E-state index contributed by atoms with van der Waals surface area (Å²) >= 11 is 2.15. The van der Waals surface area contributed by atoms with Crippen LogP contribution in [0.25, 0.3) is 0 Å². The van der Waals surface area contributed by atoms with Crippen LogP contribution in [0.3, 0.4) is 0 Å². The number of hydrogen-bond donors (Lipinski definition) is 0. The highest BCUT2D eigenvalue weighted by Gasteiger charge is 2.22. The zero-order valence-corrected chi connectivity index (χ0v) is 8.79. The molecule has 0 aliphatic heterocycles. The van der Waals surface area contributed by atoms with E-state index in [0.29, 0.717) is 0 Å². The second-order valence-corrected chi connectivity index (χ2v) is 5.89. The maximum Gasteiger partial charge on any atom is 0.00495 e. The molecule has 0 nitrogen and oxygen atoms in total. The summed E-state index contributed by atoms with van der Waals surface area (Å²) < 4.78 is 0. The summed E-state index contributed by atoms with van der Waals surface area (Å²) in [7, 11) is 0. The van der Waals surface area contributed by atoms with E-state index >= 15 is 0 Å². The molecule has 0 heterocycles. The zero-order chi connectivity index (χ0) is 8.27. The van der Waals surface area contributed by atoms with E-state index in [0.717, 1.165) is 16.4 Å². The molecular formula is C10H20S. The van der Waals surface area contributed by atoms with E-state index in [-0.39, 0.29) is 0 Å². The average molecular weight is 172 g/mol. The standard InChI is InChI=1S/C10H20S/c1-8(2)11-9(3)10-6-4-5-7-10/h8-10H,4-7H2,1-3H3. The van der Waals surface area contributed by atoms with Crippen LogP contribution in [0.2, 0.25) is 0 Å². The second kappa shape index (κ2) is 4.39. The molecule has 0 aromatic heterocycles. The monoisotopic (exact) mass is 172 g/mol. The number of hydrogen-bond acceptors (Lipinski definition) is 1. The Morgan fingerprint density at radius 2 is 1.64 bits per heavy atom. The third kappa shape index (κ3) is 3.06. The molecule has 1 atom stereocenters. The first kappa shape index (κ1) is 9.44. The van der Waals surface area contributed by atoms with Crippen LogP contribution in [0.4, 0.5) is 0 Å². The molecule has 1 aliphatic carbocycles. The molecule has 1 saturated carbocycles. The predicted molar refractivity (Wildman–Crippen MR) is 54.1 cm³/mol. The highest BCUT2D eigenvalue weighted by molar-refractivity contribution is 8.00. The molecule has 11 heavy (non-hydrogen) atoms. The Bertz CT molecular complexity index is 103. The lowest BCUT2D eigenvalue weighted by molar-refractivity contribution is 0.543. The van der Waals surface area contributed by atoms with Crippen LogP contribution in [0, 0.1) is 5.92 Å². The van der Waals surface area contributed by atoms with Crippen molar-refractivity contribution in [2.24, 2.45) is 5.92 Å². The van der Waals surface area contributed by atoms with Gasteiger partial charge >= 0.3 is 0 Å². The van der Waals surface area contributed by atoms with E-state index in [1.807, 2.05) is 0 Å². The smallest absolute Gasteiger partial charge is 0.00495 e. The Labute approximate surface area is 75.1 Å². The minimum absolute atomic E-state index is 0.811.